The molecular weight excluding hydrogens is 368 g/mol. The van der Waals surface area contributed by atoms with Gasteiger partial charge in [-0.15, -0.1) is 0 Å². The zero-order chi connectivity index (χ0) is 18.7. The molecule has 0 aliphatic heterocycles. The van der Waals surface area contributed by atoms with Gasteiger partial charge in [-0.3, -0.25) is 0 Å². The van der Waals surface area contributed by atoms with Crippen molar-refractivity contribution in [2.24, 2.45) is 0 Å². The van der Waals surface area contributed by atoms with Crippen LogP contribution in [-0.4, -0.2) is 39.6 Å². The summed E-state index contributed by atoms with van der Waals surface area (Å²) in [6.07, 6.45) is 0. The highest BCUT2D eigenvalue weighted by molar-refractivity contribution is 7.90. The minimum Gasteiger partial charge on any atom is -0.508 e. The van der Waals surface area contributed by atoms with E-state index in [1.165, 1.54) is 55.5 Å². The van der Waals surface area contributed by atoms with Crippen LogP contribution < -0.4 is 9.44 Å². The second-order valence-corrected chi connectivity index (χ2v) is 8.84. The number of benzene rings is 2. The third kappa shape index (κ3) is 5.16. The minimum atomic E-state index is -3.84. The van der Waals surface area contributed by atoms with Crippen LogP contribution in [0.1, 0.15) is 6.92 Å². The van der Waals surface area contributed by atoms with E-state index in [0.717, 1.165) is 0 Å². The Hall–Kier alpha value is -2.14. The summed E-state index contributed by atoms with van der Waals surface area (Å²) in [7, 11) is -7.67. The highest BCUT2D eigenvalue weighted by Gasteiger charge is 2.20. The molecule has 0 aliphatic rings. The first-order valence-electron chi connectivity index (χ1n) is 7.20. The Labute approximate surface area is 146 Å². The summed E-state index contributed by atoms with van der Waals surface area (Å²) in [6, 6.07) is 9.21. The molecule has 0 heterocycles. The van der Waals surface area contributed by atoms with Gasteiger partial charge in [0.2, 0.25) is 20.0 Å². The lowest BCUT2D eigenvalue weighted by Crippen LogP contribution is -2.41. The van der Waals surface area contributed by atoms with E-state index >= 15 is 0 Å². The highest BCUT2D eigenvalue weighted by atomic mass is 32.2. The van der Waals surface area contributed by atoms with Crippen molar-refractivity contribution in [1.82, 2.24) is 9.44 Å². The quantitative estimate of drug-likeness (QED) is 0.555. The van der Waals surface area contributed by atoms with Crippen LogP contribution in [0, 0.1) is 0 Å². The van der Waals surface area contributed by atoms with Crippen LogP contribution in [0.25, 0.3) is 0 Å². The predicted octanol–water partition coefficient (Wildman–Crippen LogP) is 0.743. The molecule has 0 aromatic heterocycles. The Morgan fingerprint density at radius 1 is 0.800 bits per heavy atom. The van der Waals surface area contributed by atoms with Gasteiger partial charge in [0, 0.05) is 12.6 Å². The largest absolute Gasteiger partial charge is 0.508 e. The molecule has 10 heteroatoms. The van der Waals surface area contributed by atoms with E-state index in [4.69, 9.17) is 0 Å². The summed E-state index contributed by atoms with van der Waals surface area (Å²) < 4.78 is 53.3. The number of aromatic hydroxyl groups is 2. The van der Waals surface area contributed by atoms with Crippen molar-refractivity contribution in [2.75, 3.05) is 6.54 Å². The van der Waals surface area contributed by atoms with Crippen LogP contribution in [-0.2, 0) is 20.0 Å². The molecule has 0 bridgehead atoms. The number of rotatable bonds is 7. The van der Waals surface area contributed by atoms with Crippen LogP contribution in [0.3, 0.4) is 0 Å². The fourth-order valence-corrected chi connectivity index (χ4v) is 4.32. The fraction of sp³-hybridized carbons (Fsp3) is 0.200. The summed E-state index contributed by atoms with van der Waals surface area (Å²) >= 11 is 0. The summed E-state index contributed by atoms with van der Waals surface area (Å²) in [5.74, 6) is -0.123. The first kappa shape index (κ1) is 19.2. The van der Waals surface area contributed by atoms with Gasteiger partial charge in [-0.25, -0.2) is 26.3 Å². The minimum absolute atomic E-state index is 0.0427. The van der Waals surface area contributed by atoms with Gasteiger partial charge in [-0.1, -0.05) is 0 Å². The molecule has 2 aromatic rings. The molecule has 2 rings (SSSR count). The summed E-state index contributed by atoms with van der Waals surface area (Å²) in [6.45, 7) is 1.35. The van der Waals surface area contributed by atoms with E-state index in [9.17, 15) is 27.0 Å². The Bertz CT molecular complexity index is 923. The molecule has 4 N–H and O–H groups in total. The van der Waals surface area contributed by atoms with E-state index in [1.54, 1.807) is 0 Å². The zero-order valence-corrected chi connectivity index (χ0v) is 14.9. The molecule has 8 nitrogen and oxygen atoms in total. The Morgan fingerprint density at radius 2 is 1.20 bits per heavy atom. The number of hydrogen-bond donors (Lipinski definition) is 4. The highest BCUT2D eigenvalue weighted by Crippen LogP contribution is 2.15. The van der Waals surface area contributed by atoms with Crippen LogP contribution in [0.5, 0.6) is 11.5 Å². The summed E-state index contributed by atoms with van der Waals surface area (Å²) in [5.41, 5.74) is 0. The lowest BCUT2D eigenvalue weighted by atomic mass is 10.3. The molecule has 0 saturated carbocycles. The van der Waals surface area contributed by atoms with Crippen molar-refractivity contribution in [3.05, 3.63) is 48.5 Å². The lowest BCUT2D eigenvalue weighted by Gasteiger charge is -2.15. The molecule has 136 valence electrons. The van der Waals surface area contributed by atoms with Gasteiger partial charge in [0.25, 0.3) is 0 Å². The predicted molar refractivity (Wildman–Crippen MR) is 91.2 cm³/mol. The summed E-state index contributed by atoms with van der Waals surface area (Å²) in [4.78, 5) is -0.0857. The number of phenols is 2. The molecule has 1 atom stereocenters. The topological polar surface area (TPSA) is 133 Å². The molecule has 0 saturated heterocycles. The second kappa shape index (κ2) is 7.40. The van der Waals surface area contributed by atoms with Gasteiger partial charge in [-0.05, 0) is 55.5 Å². The first-order chi connectivity index (χ1) is 11.6. The maximum atomic E-state index is 12.2. The molecule has 0 radical (unpaired) electrons. The van der Waals surface area contributed by atoms with E-state index in [0.29, 0.717) is 0 Å². The fourth-order valence-electron chi connectivity index (χ4n) is 1.94. The molecule has 25 heavy (non-hydrogen) atoms. The maximum absolute atomic E-state index is 12.2. The van der Waals surface area contributed by atoms with Crippen LogP contribution in [0.2, 0.25) is 0 Å². The summed E-state index contributed by atoms with van der Waals surface area (Å²) in [5, 5.41) is 18.4. The molecule has 0 aliphatic carbocycles. The SMILES string of the molecule is CC(CNS(=O)(=O)c1ccc(O)cc1)NS(=O)(=O)c1ccc(O)cc1. The van der Waals surface area contributed by atoms with Crippen molar-refractivity contribution >= 4 is 20.0 Å². The third-order valence-corrected chi connectivity index (χ3v) is 6.27. The third-order valence-electron chi connectivity index (χ3n) is 3.23. The average Bonchev–Trinajstić information content (AvgIpc) is 2.53. The lowest BCUT2D eigenvalue weighted by molar-refractivity contribution is 0.474. The normalized spacial score (nSPS) is 13.5. The monoisotopic (exact) mass is 386 g/mol. The molecule has 2 aromatic carbocycles. The Morgan fingerprint density at radius 3 is 1.64 bits per heavy atom. The van der Waals surface area contributed by atoms with E-state index in [1.807, 2.05) is 0 Å². The molecule has 0 fully saturated rings. The maximum Gasteiger partial charge on any atom is 0.240 e. The second-order valence-electron chi connectivity index (χ2n) is 5.36. The van der Waals surface area contributed by atoms with E-state index in [2.05, 4.69) is 9.44 Å². The van der Waals surface area contributed by atoms with Crippen molar-refractivity contribution in [3.8, 4) is 11.5 Å². The van der Waals surface area contributed by atoms with Crippen molar-refractivity contribution in [1.29, 1.82) is 0 Å². The average molecular weight is 386 g/mol. The Balaban J connectivity index is 2.01. The number of sulfonamides is 2. The standard InChI is InChI=1S/C15H18N2O6S2/c1-11(17-25(22,23)15-8-4-13(19)5-9-15)10-16-24(20,21)14-6-2-12(18)3-7-14/h2-9,11,16-19H,10H2,1H3. The molecular formula is C15H18N2O6S2. The van der Waals surface area contributed by atoms with Gasteiger partial charge in [0.1, 0.15) is 11.5 Å². The van der Waals surface area contributed by atoms with Gasteiger partial charge < -0.3 is 10.2 Å². The van der Waals surface area contributed by atoms with E-state index < -0.39 is 26.1 Å². The molecule has 0 amide bonds. The van der Waals surface area contributed by atoms with Gasteiger partial charge in [0.05, 0.1) is 9.79 Å². The molecule has 0 spiro atoms. The van der Waals surface area contributed by atoms with Crippen molar-refractivity contribution < 1.29 is 27.0 Å². The van der Waals surface area contributed by atoms with Crippen molar-refractivity contribution in [3.63, 3.8) is 0 Å². The van der Waals surface area contributed by atoms with E-state index in [-0.39, 0.29) is 27.8 Å². The number of phenolic OH excluding ortho intramolecular Hbond substituents is 2. The first-order valence-corrected chi connectivity index (χ1v) is 10.2. The smallest absolute Gasteiger partial charge is 0.240 e. The van der Waals surface area contributed by atoms with Crippen LogP contribution >= 0.6 is 0 Å². The van der Waals surface area contributed by atoms with Crippen molar-refractivity contribution in [2.45, 2.75) is 22.8 Å². The van der Waals surface area contributed by atoms with Gasteiger partial charge in [-0.2, -0.15) is 0 Å². The number of hydrogen-bond acceptors (Lipinski definition) is 6. The van der Waals surface area contributed by atoms with Gasteiger partial charge in [0.15, 0.2) is 0 Å². The van der Waals surface area contributed by atoms with Crippen LogP contribution in [0.15, 0.2) is 58.3 Å². The number of nitrogens with one attached hydrogen (secondary N) is 2. The van der Waals surface area contributed by atoms with Crippen LogP contribution in [0.4, 0.5) is 0 Å². The molecule has 1 unspecified atom stereocenters. The zero-order valence-electron chi connectivity index (χ0n) is 13.2. The van der Waals surface area contributed by atoms with Gasteiger partial charge >= 0.3 is 0 Å². The Kier molecular flexibility index (Phi) is 5.68.